The molecule has 12 heteroatoms. The largest absolute Gasteiger partial charge is 0.478 e. The van der Waals surface area contributed by atoms with Crippen molar-refractivity contribution < 1.29 is 73.7 Å². The van der Waals surface area contributed by atoms with E-state index in [2.05, 4.69) is 48.1 Å². The Balaban J connectivity index is 0. The van der Waals surface area contributed by atoms with Gasteiger partial charge in [0.2, 0.25) is 0 Å². The molecular weight excluding hydrogens is 812 g/mol. The number of carbonyl (C=O) groups is 4. The molecule has 6 aromatic rings. The standard InChI is InChI=1S/2C8H11N.4C7H6O2.2Cu/c2*1-6-4-7(2)9-8(3)5-6;4*8-7(9)6-4-2-1-3-5-6;;/h2*4-5H,1-3H3;4*1-5H,(H,8,9);;. The average molecular weight is 858 g/mol. The van der Waals surface area contributed by atoms with Crippen LogP contribution in [0.2, 0.25) is 0 Å². The van der Waals surface area contributed by atoms with Gasteiger partial charge in [0.15, 0.2) is 0 Å². The number of hydrogen-bond acceptors (Lipinski definition) is 6. The first-order chi connectivity index (χ1) is 25.6. The molecule has 0 atom stereocenters. The predicted molar refractivity (Wildman–Crippen MR) is 211 cm³/mol. The van der Waals surface area contributed by atoms with Crippen molar-refractivity contribution in [1.29, 1.82) is 0 Å². The van der Waals surface area contributed by atoms with Gasteiger partial charge in [-0.25, -0.2) is 19.2 Å². The van der Waals surface area contributed by atoms with Gasteiger partial charge in [0.1, 0.15) is 0 Å². The van der Waals surface area contributed by atoms with E-state index in [9.17, 15) is 19.2 Å². The van der Waals surface area contributed by atoms with Crippen molar-refractivity contribution in [2.75, 3.05) is 0 Å². The van der Waals surface area contributed by atoms with Crippen molar-refractivity contribution in [1.82, 2.24) is 9.97 Å². The summed E-state index contributed by atoms with van der Waals surface area (Å²) in [6.07, 6.45) is 0. The molecule has 0 spiro atoms. The molecule has 2 aromatic heterocycles. The van der Waals surface area contributed by atoms with Crippen LogP contribution in [0, 0.1) is 41.5 Å². The molecule has 0 fully saturated rings. The molecule has 0 bridgehead atoms. The van der Waals surface area contributed by atoms with Gasteiger partial charge < -0.3 is 20.4 Å². The number of carboxylic acids is 4. The molecule has 2 heterocycles. The van der Waals surface area contributed by atoms with Gasteiger partial charge in [-0.1, -0.05) is 72.8 Å². The van der Waals surface area contributed by atoms with Crippen LogP contribution in [0.25, 0.3) is 0 Å². The normalized spacial score (nSPS) is 8.82. The maximum atomic E-state index is 10.2. The molecule has 4 N–H and O–H groups in total. The van der Waals surface area contributed by atoms with Crippen LogP contribution in [0.1, 0.15) is 75.3 Å². The minimum absolute atomic E-state index is 0. The zero-order valence-electron chi connectivity index (χ0n) is 31.8. The third kappa shape index (κ3) is 24.4. The van der Waals surface area contributed by atoms with Gasteiger partial charge in [-0.05, 0) is 125 Å². The van der Waals surface area contributed by atoms with Gasteiger partial charge in [-0.2, -0.15) is 0 Å². The molecule has 0 saturated heterocycles. The first kappa shape index (κ1) is 52.2. The van der Waals surface area contributed by atoms with Crippen LogP contribution >= 0.6 is 0 Å². The number of hydrogen-bond donors (Lipinski definition) is 4. The van der Waals surface area contributed by atoms with E-state index in [0.717, 1.165) is 22.8 Å². The number of aromatic nitrogens is 2. The SMILES string of the molecule is Cc1cc(C)nc(C)c1.Cc1cc(C)nc(C)c1.O=C(O)c1ccccc1.O=C(O)c1ccccc1.O=C(O)c1ccccc1.O=C(O)c1ccccc1.[Cu].[Cu]. The zero-order chi connectivity index (χ0) is 40.5. The quantitative estimate of drug-likeness (QED) is 0.125. The molecular formula is C44H46Cu2N2O8. The molecule has 4 aromatic carbocycles. The molecule has 0 saturated carbocycles. The number of carboxylic acid groups (broad SMARTS) is 4. The van der Waals surface area contributed by atoms with Crippen LogP contribution in [0.15, 0.2) is 146 Å². The number of pyridine rings is 2. The number of benzene rings is 4. The second-order valence-corrected chi connectivity index (χ2v) is 11.5. The Labute approximate surface area is 349 Å². The monoisotopic (exact) mass is 856 g/mol. The Kier molecular flexibility index (Phi) is 27.5. The van der Waals surface area contributed by atoms with E-state index in [-0.39, 0.29) is 34.1 Å². The van der Waals surface area contributed by atoms with Crippen LogP contribution in [-0.4, -0.2) is 54.3 Å². The molecule has 0 aliphatic rings. The Morgan fingerprint density at radius 3 is 0.607 bits per heavy atom. The fourth-order valence-electron chi connectivity index (χ4n) is 4.41. The van der Waals surface area contributed by atoms with Crippen LogP contribution in [0.4, 0.5) is 0 Å². The van der Waals surface area contributed by atoms with E-state index < -0.39 is 23.9 Å². The summed E-state index contributed by atoms with van der Waals surface area (Å²) >= 11 is 0. The minimum Gasteiger partial charge on any atom is -0.478 e. The van der Waals surface area contributed by atoms with Gasteiger partial charge in [-0.3, -0.25) is 9.97 Å². The molecule has 56 heavy (non-hydrogen) atoms. The molecule has 6 rings (SSSR count). The van der Waals surface area contributed by atoms with Gasteiger partial charge in [0.05, 0.1) is 22.3 Å². The van der Waals surface area contributed by atoms with Crippen molar-refractivity contribution >= 4 is 23.9 Å². The number of aryl methyl sites for hydroxylation is 6. The second-order valence-electron chi connectivity index (χ2n) is 11.5. The molecule has 0 amide bonds. The van der Waals surface area contributed by atoms with Crippen molar-refractivity contribution in [3.05, 3.63) is 202 Å². The van der Waals surface area contributed by atoms with Gasteiger partial charge in [-0.15, -0.1) is 0 Å². The number of rotatable bonds is 4. The van der Waals surface area contributed by atoms with Crippen molar-refractivity contribution in [3.8, 4) is 0 Å². The summed E-state index contributed by atoms with van der Waals surface area (Å²) in [7, 11) is 0. The maximum absolute atomic E-state index is 10.2. The third-order valence-electron chi connectivity index (χ3n) is 6.53. The first-order valence-corrected chi connectivity index (χ1v) is 16.6. The maximum Gasteiger partial charge on any atom is 0.335 e. The molecule has 0 aliphatic heterocycles. The molecule has 0 aliphatic carbocycles. The van der Waals surface area contributed by atoms with Crippen LogP contribution < -0.4 is 0 Å². The Bertz CT molecular complexity index is 1680. The second kappa shape index (κ2) is 29.5. The van der Waals surface area contributed by atoms with E-state index in [4.69, 9.17) is 20.4 Å². The zero-order valence-corrected chi connectivity index (χ0v) is 33.7. The summed E-state index contributed by atoms with van der Waals surface area (Å²) < 4.78 is 0. The van der Waals surface area contributed by atoms with Crippen LogP contribution in [-0.2, 0) is 34.1 Å². The molecule has 302 valence electrons. The van der Waals surface area contributed by atoms with Gasteiger partial charge in [0, 0.05) is 56.9 Å². The van der Waals surface area contributed by atoms with E-state index in [0.29, 0.717) is 22.3 Å². The van der Waals surface area contributed by atoms with Crippen LogP contribution in [0.3, 0.4) is 0 Å². The van der Waals surface area contributed by atoms with E-state index in [1.165, 1.54) is 11.1 Å². The summed E-state index contributed by atoms with van der Waals surface area (Å²) in [5.41, 5.74) is 8.32. The molecule has 10 nitrogen and oxygen atoms in total. The van der Waals surface area contributed by atoms with Crippen molar-refractivity contribution in [2.24, 2.45) is 0 Å². The minimum atomic E-state index is -0.879. The van der Waals surface area contributed by atoms with Gasteiger partial charge in [0.25, 0.3) is 0 Å². The summed E-state index contributed by atoms with van der Waals surface area (Å²) in [5.74, 6) is -3.52. The molecule has 0 unspecified atom stereocenters. The van der Waals surface area contributed by atoms with E-state index in [1.807, 2.05) is 27.7 Å². The van der Waals surface area contributed by atoms with E-state index >= 15 is 0 Å². The number of aromatic carboxylic acids is 4. The summed E-state index contributed by atoms with van der Waals surface area (Å²) in [6.45, 7) is 12.2. The average Bonchev–Trinajstić information content (AvgIpc) is 3.13. The van der Waals surface area contributed by atoms with E-state index in [1.54, 1.807) is 121 Å². The predicted octanol–water partition coefficient (Wildman–Crippen LogP) is 9.55. The number of nitrogens with zero attached hydrogens (tertiary/aromatic N) is 2. The fourth-order valence-corrected chi connectivity index (χ4v) is 4.41. The molecule has 2 radical (unpaired) electrons. The fraction of sp³-hybridized carbons (Fsp3) is 0.136. The third-order valence-corrected chi connectivity index (χ3v) is 6.53. The first-order valence-electron chi connectivity index (χ1n) is 16.6. The van der Waals surface area contributed by atoms with Crippen LogP contribution in [0.5, 0.6) is 0 Å². The summed E-state index contributed by atoms with van der Waals surface area (Å²) in [5, 5.41) is 33.5. The topological polar surface area (TPSA) is 175 Å². The van der Waals surface area contributed by atoms with Gasteiger partial charge >= 0.3 is 23.9 Å². The van der Waals surface area contributed by atoms with Crippen molar-refractivity contribution in [2.45, 2.75) is 41.5 Å². The Morgan fingerprint density at radius 2 is 0.500 bits per heavy atom. The van der Waals surface area contributed by atoms with Crippen molar-refractivity contribution in [3.63, 3.8) is 0 Å². The Hall–Kier alpha value is -5.90. The summed E-state index contributed by atoms with van der Waals surface area (Å²) in [4.78, 5) is 49.3. The Morgan fingerprint density at radius 1 is 0.339 bits per heavy atom. The smallest absolute Gasteiger partial charge is 0.335 e. The summed E-state index contributed by atoms with van der Waals surface area (Å²) in [6, 6.07) is 41.5.